The van der Waals surface area contributed by atoms with Gasteiger partial charge in [0.2, 0.25) is 0 Å². The average Bonchev–Trinajstić information content (AvgIpc) is 2.74. The van der Waals surface area contributed by atoms with Crippen LogP contribution in [0, 0.1) is 20.8 Å². The molecule has 0 atom stereocenters. The van der Waals surface area contributed by atoms with Gasteiger partial charge < -0.3 is 14.6 Å². The minimum absolute atomic E-state index is 0.184. The molecule has 0 unspecified atom stereocenters. The molecule has 0 fully saturated rings. The molecule has 0 saturated heterocycles. The van der Waals surface area contributed by atoms with Crippen molar-refractivity contribution in [3.05, 3.63) is 94.0 Å². The van der Waals surface area contributed by atoms with Crippen LogP contribution in [0.2, 0.25) is 0 Å². The minimum Gasteiger partial charge on any atom is -0.489 e. The molecule has 0 radical (unpaired) electrons. The minimum atomic E-state index is -0.942. The van der Waals surface area contributed by atoms with E-state index in [9.17, 15) is 9.90 Å². The summed E-state index contributed by atoms with van der Waals surface area (Å²) >= 11 is 0. The van der Waals surface area contributed by atoms with E-state index in [4.69, 9.17) is 9.47 Å². The van der Waals surface area contributed by atoms with E-state index >= 15 is 0 Å². The van der Waals surface area contributed by atoms with Gasteiger partial charge >= 0.3 is 5.97 Å². The van der Waals surface area contributed by atoms with Crippen molar-refractivity contribution >= 4 is 5.97 Å². The highest BCUT2D eigenvalue weighted by atomic mass is 16.5. The molecule has 0 aliphatic heterocycles. The highest BCUT2D eigenvalue weighted by Gasteiger charge is 2.13. The van der Waals surface area contributed by atoms with Gasteiger partial charge in [-0.3, -0.25) is 0 Å². The van der Waals surface area contributed by atoms with E-state index in [0.29, 0.717) is 29.2 Å². The lowest BCUT2D eigenvalue weighted by molar-refractivity contribution is 0.0693. The van der Waals surface area contributed by atoms with Crippen molar-refractivity contribution in [3.8, 4) is 11.5 Å². The number of aryl methyl sites for hydroxylation is 3. The quantitative estimate of drug-likeness (QED) is 0.487. The molecule has 1 N–H and O–H groups in total. The van der Waals surface area contributed by atoms with Crippen molar-refractivity contribution in [1.82, 2.24) is 0 Å². The first-order valence-corrected chi connectivity index (χ1v) is 10.2. The Bertz CT molecular complexity index is 992. The number of ether oxygens (including phenoxy) is 2. The molecule has 0 bridgehead atoms. The number of carboxylic acid groups (broad SMARTS) is 1. The molecule has 0 aliphatic rings. The summed E-state index contributed by atoms with van der Waals surface area (Å²) in [6.07, 6.45) is 0. The van der Waals surface area contributed by atoms with Crippen LogP contribution in [0.4, 0.5) is 0 Å². The van der Waals surface area contributed by atoms with Gasteiger partial charge in [-0.2, -0.15) is 0 Å². The molecule has 158 valence electrons. The van der Waals surface area contributed by atoms with Gasteiger partial charge in [-0.1, -0.05) is 61.9 Å². The van der Waals surface area contributed by atoms with Crippen LogP contribution in [-0.4, -0.2) is 11.1 Å². The van der Waals surface area contributed by atoms with Crippen LogP contribution in [0.15, 0.2) is 60.7 Å². The lowest BCUT2D eigenvalue weighted by Gasteiger charge is -2.13. The molecule has 0 saturated carbocycles. The summed E-state index contributed by atoms with van der Waals surface area (Å²) in [5.41, 5.74) is 5.21. The highest BCUT2D eigenvalue weighted by molar-refractivity contribution is 5.91. The van der Waals surface area contributed by atoms with Gasteiger partial charge in [0, 0.05) is 11.6 Å². The topological polar surface area (TPSA) is 55.8 Å². The van der Waals surface area contributed by atoms with Gasteiger partial charge in [-0.25, -0.2) is 4.79 Å². The van der Waals surface area contributed by atoms with Crippen LogP contribution in [0.25, 0.3) is 0 Å². The zero-order valence-corrected chi connectivity index (χ0v) is 18.4. The molecule has 4 nitrogen and oxygen atoms in total. The van der Waals surface area contributed by atoms with Gasteiger partial charge in [0.25, 0.3) is 0 Å². The molecular weight excluding hydrogens is 376 g/mol. The van der Waals surface area contributed by atoms with Crippen molar-refractivity contribution in [2.45, 2.75) is 47.8 Å². The second-order valence-corrected chi connectivity index (χ2v) is 6.90. The average molecular weight is 407 g/mol. The maximum atomic E-state index is 11.5. The molecular formula is C26H30O4. The maximum absolute atomic E-state index is 11.5. The number of carboxylic acids is 1. The van der Waals surface area contributed by atoms with Crippen LogP contribution in [-0.2, 0) is 13.2 Å². The smallest absolute Gasteiger partial charge is 0.336 e. The first-order chi connectivity index (χ1) is 14.4. The number of rotatable bonds is 7. The van der Waals surface area contributed by atoms with Crippen molar-refractivity contribution < 1.29 is 19.4 Å². The Morgan fingerprint density at radius 3 is 2.00 bits per heavy atom. The molecule has 0 amide bonds. The van der Waals surface area contributed by atoms with Crippen molar-refractivity contribution in [2.75, 3.05) is 0 Å². The molecule has 3 rings (SSSR count). The summed E-state index contributed by atoms with van der Waals surface area (Å²) in [6.45, 7) is 10.6. The van der Waals surface area contributed by atoms with E-state index in [-0.39, 0.29) is 6.61 Å². The van der Waals surface area contributed by atoms with Gasteiger partial charge in [0.05, 0.1) is 5.56 Å². The SMILES string of the molecule is CC.Cc1ccc(C)c(COc2cccc(OCc3cccc(C)c3C(=O)O)c2)c1. The van der Waals surface area contributed by atoms with E-state index in [0.717, 1.165) is 11.1 Å². The predicted octanol–water partition coefficient (Wildman–Crippen LogP) is 6.49. The maximum Gasteiger partial charge on any atom is 0.336 e. The van der Waals surface area contributed by atoms with E-state index in [2.05, 4.69) is 32.0 Å². The highest BCUT2D eigenvalue weighted by Crippen LogP contribution is 2.23. The number of hydrogen-bond donors (Lipinski definition) is 1. The third-order valence-corrected chi connectivity index (χ3v) is 4.67. The van der Waals surface area contributed by atoms with Crippen LogP contribution in [0.5, 0.6) is 11.5 Å². The van der Waals surface area contributed by atoms with Crippen molar-refractivity contribution in [2.24, 2.45) is 0 Å². The molecule has 0 aromatic heterocycles. The van der Waals surface area contributed by atoms with Crippen LogP contribution in [0.1, 0.15) is 52.0 Å². The van der Waals surface area contributed by atoms with E-state index in [1.807, 2.05) is 44.2 Å². The van der Waals surface area contributed by atoms with E-state index in [1.165, 1.54) is 11.1 Å². The summed E-state index contributed by atoms with van der Waals surface area (Å²) in [4.78, 5) is 11.5. The largest absolute Gasteiger partial charge is 0.489 e. The first-order valence-electron chi connectivity index (χ1n) is 10.2. The third kappa shape index (κ3) is 6.11. The Kier molecular flexibility index (Phi) is 8.48. The Labute approximate surface area is 179 Å². The Morgan fingerprint density at radius 1 is 0.767 bits per heavy atom. The lowest BCUT2D eigenvalue weighted by atomic mass is 10.0. The fourth-order valence-corrected chi connectivity index (χ4v) is 3.09. The number of benzene rings is 3. The van der Waals surface area contributed by atoms with E-state index in [1.54, 1.807) is 19.1 Å². The fourth-order valence-electron chi connectivity index (χ4n) is 3.09. The third-order valence-electron chi connectivity index (χ3n) is 4.67. The Hall–Kier alpha value is -3.27. The van der Waals surface area contributed by atoms with E-state index < -0.39 is 5.97 Å². The summed E-state index contributed by atoms with van der Waals surface area (Å²) < 4.78 is 11.8. The normalized spacial score (nSPS) is 10.0. The lowest BCUT2D eigenvalue weighted by Crippen LogP contribution is -2.08. The van der Waals surface area contributed by atoms with Gasteiger partial charge in [0.15, 0.2) is 0 Å². The molecule has 3 aromatic rings. The Morgan fingerprint density at radius 2 is 1.37 bits per heavy atom. The summed E-state index contributed by atoms with van der Waals surface area (Å²) in [6, 6.07) is 19.1. The van der Waals surface area contributed by atoms with Crippen LogP contribution >= 0.6 is 0 Å². The monoisotopic (exact) mass is 406 g/mol. The van der Waals surface area contributed by atoms with Gasteiger partial charge in [-0.15, -0.1) is 0 Å². The zero-order valence-electron chi connectivity index (χ0n) is 18.4. The summed E-state index contributed by atoms with van der Waals surface area (Å²) in [5.74, 6) is 0.403. The summed E-state index contributed by atoms with van der Waals surface area (Å²) in [5, 5.41) is 9.43. The fraction of sp³-hybridized carbons (Fsp3) is 0.269. The molecule has 0 aliphatic carbocycles. The van der Waals surface area contributed by atoms with Crippen LogP contribution < -0.4 is 9.47 Å². The Balaban J connectivity index is 0.00000155. The zero-order chi connectivity index (χ0) is 22.1. The molecule has 0 spiro atoms. The molecule has 0 heterocycles. The van der Waals surface area contributed by atoms with Gasteiger partial charge in [0.1, 0.15) is 24.7 Å². The van der Waals surface area contributed by atoms with Gasteiger partial charge in [-0.05, 0) is 49.6 Å². The number of hydrogen-bond acceptors (Lipinski definition) is 3. The number of carbonyl (C=O) groups is 1. The standard InChI is InChI=1S/C24H24O4.C2H6/c1-16-10-11-17(2)20(12-16)15-28-22-9-5-8-21(13-22)27-14-19-7-4-6-18(3)23(19)24(25)26;1-2/h4-13H,14-15H2,1-3H3,(H,25,26);1-2H3. The second-order valence-electron chi connectivity index (χ2n) is 6.90. The van der Waals surface area contributed by atoms with Crippen molar-refractivity contribution in [1.29, 1.82) is 0 Å². The molecule has 30 heavy (non-hydrogen) atoms. The molecule has 3 aromatic carbocycles. The number of aromatic carboxylic acids is 1. The predicted molar refractivity (Wildman–Crippen MR) is 121 cm³/mol. The summed E-state index contributed by atoms with van der Waals surface area (Å²) in [7, 11) is 0. The van der Waals surface area contributed by atoms with Crippen LogP contribution in [0.3, 0.4) is 0 Å². The molecule has 4 heteroatoms. The second kappa shape index (κ2) is 11.1. The first kappa shape index (κ1) is 23.0. The van der Waals surface area contributed by atoms with Crippen molar-refractivity contribution in [3.63, 3.8) is 0 Å².